The van der Waals surface area contributed by atoms with Gasteiger partial charge in [-0.1, -0.05) is 78.2 Å². The highest BCUT2D eigenvalue weighted by atomic mass is 16.4. The first-order chi connectivity index (χ1) is 9.91. The van der Waals surface area contributed by atoms with E-state index in [2.05, 4.69) is 6.58 Å². The number of unbranched alkanes of at least 4 members (excludes halogenated alkanes) is 9. The molecule has 0 rings (SSSR count). The molecule has 0 aromatic carbocycles. The molecule has 0 aliphatic heterocycles. The van der Waals surface area contributed by atoms with E-state index in [4.69, 9.17) is 10.8 Å². The topological polar surface area (TPSA) is 63.3 Å². The number of carboxylic acids is 1. The van der Waals surface area contributed by atoms with E-state index in [1.54, 1.807) is 0 Å². The number of carboxylic acid groups (broad SMARTS) is 1. The lowest BCUT2D eigenvalue weighted by atomic mass is 9.80. The molecule has 3 N–H and O–H groups in total. The van der Waals surface area contributed by atoms with Gasteiger partial charge in [-0.3, -0.25) is 0 Å². The van der Waals surface area contributed by atoms with Crippen LogP contribution in [0, 0.1) is 5.41 Å². The van der Waals surface area contributed by atoms with Crippen LogP contribution in [0.25, 0.3) is 0 Å². The van der Waals surface area contributed by atoms with Gasteiger partial charge in [0.2, 0.25) is 0 Å². The standard InChI is InChI=1S/C18H35NO2/c1-16(17(20)21)18(2,3)14-12-10-8-6-4-5-7-9-11-13-15-19/h1,4-15,19H2,2-3H3,(H,20,21). The average molecular weight is 297 g/mol. The molecule has 21 heavy (non-hydrogen) atoms. The lowest BCUT2D eigenvalue weighted by Crippen LogP contribution is -2.20. The quantitative estimate of drug-likeness (QED) is 0.354. The third-order valence-electron chi connectivity index (χ3n) is 4.33. The van der Waals surface area contributed by atoms with Gasteiger partial charge in [0, 0.05) is 5.57 Å². The Labute approximate surface area is 131 Å². The molecule has 0 aliphatic carbocycles. The summed E-state index contributed by atoms with van der Waals surface area (Å²) in [6, 6.07) is 0. The molecular formula is C18H35NO2. The minimum Gasteiger partial charge on any atom is -0.478 e. The summed E-state index contributed by atoms with van der Waals surface area (Å²) in [6.07, 6.45) is 13.5. The lowest BCUT2D eigenvalue weighted by Gasteiger charge is -2.24. The number of rotatable bonds is 14. The zero-order valence-electron chi connectivity index (χ0n) is 14.1. The maximum absolute atomic E-state index is 10.9. The summed E-state index contributed by atoms with van der Waals surface area (Å²) in [5.74, 6) is -0.866. The van der Waals surface area contributed by atoms with Crippen LogP contribution < -0.4 is 5.73 Å². The second-order valence-electron chi connectivity index (χ2n) is 6.74. The van der Waals surface area contributed by atoms with Gasteiger partial charge in [0.15, 0.2) is 0 Å². The smallest absolute Gasteiger partial charge is 0.331 e. The van der Waals surface area contributed by atoms with Gasteiger partial charge in [-0.2, -0.15) is 0 Å². The summed E-state index contributed by atoms with van der Waals surface area (Å²) in [4.78, 5) is 10.9. The maximum Gasteiger partial charge on any atom is 0.331 e. The molecule has 0 spiro atoms. The summed E-state index contributed by atoms with van der Waals surface area (Å²) in [6.45, 7) is 8.47. The summed E-state index contributed by atoms with van der Waals surface area (Å²) in [7, 11) is 0. The Morgan fingerprint density at radius 2 is 1.29 bits per heavy atom. The van der Waals surface area contributed by atoms with Gasteiger partial charge in [0.05, 0.1) is 0 Å². The molecular weight excluding hydrogens is 262 g/mol. The first-order valence-corrected chi connectivity index (χ1v) is 8.54. The van der Waals surface area contributed by atoms with Crippen molar-refractivity contribution in [3.63, 3.8) is 0 Å². The maximum atomic E-state index is 10.9. The summed E-state index contributed by atoms with van der Waals surface area (Å²) in [5.41, 5.74) is 5.52. The Morgan fingerprint density at radius 1 is 0.905 bits per heavy atom. The fourth-order valence-corrected chi connectivity index (χ4v) is 2.57. The third-order valence-corrected chi connectivity index (χ3v) is 4.33. The van der Waals surface area contributed by atoms with Gasteiger partial charge in [0.25, 0.3) is 0 Å². The molecule has 0 unspecified atom stereocenters. The molecule has 0 aromatic heterocycles. The number of hydrogen-bond donors (Lipinski definition) is 2. The molecule has 0 atom stereocenters. The van der Waals surface area contributed by atoms with Crippen LogP contribution in [-0.4, -0.2) is 17.6 Å². The van der Waals surface area contributed by atoms with Crippen LogP contribution in [0.3, 0.4) is 0 Å². The Balaban J connectivity index is 3.44. The van der Waals surface area contributed by atoms with Crippen molar-refractivity contribution in [1.82, 2.24) is 0 Å². The van der Waals surface area contributed by atoms with Crippen molar-refractivity contribution in [2.45, 2.75) is 84.5 Å². The summed E-state index contributed by atoms with van der Waals surface area (Å²) < 4.78 is 0. The van der Waals surface area contributed by atoms with Crippen molar-refractivity contribution in [3.05, 3.63) is 12.2 Å². The van der Waals surface area contributed by atoms with Crippen molar-refractivity contribution < 1.29 is 9.90 Å². The van der Waals surface area contributed by atoms with E-state index in [9.17, 15) is 4.79 Å². The first kappa shape index (κ1) is 20.2. The minimum atomic E-state index is -0.866. The van der Waals surface area contributed by atoms with Gasteiger partial charge in [-0.05, 0) is 24.8 Å². The molecule has 0 fully saturated rings. The fourth-order valence-electron chi connectivity index (χ4n) is 2.57. The van der Waals surface area contributed by atoms with Crippen molar-refractivity contribution in [2.75, 3.05) is 6.54 Å². The number of hydrogen-bond acceptors (Lipinski definition) is 2. The van der Waals surface area contributed by atoms with Crippen LogP contribution in [0.2, 0.25) is 0 Å². The lowest BCUT2D eigenvalue weighted by molar-refractivity contribution is -0.133. The average Bonchev–Trinajstić information content (AvgIpc) is 2.43. The summed E-state index contributed by atoms with van der Waals surface area (Å²) in [5, 5.41) is 8.99. The Kier molecular flexibility index (Phi) is 11.3. The second kappa shape index (κ2) is 11.8. The van der Waals surface area contributed by atoms with E-state index < -0.39 is 5.97 Å². The predicted molar refractivity (Wildman–Crippen MR) is 90.4 cm³/mol. The van der Waals surface area contributed by atoms with Crippen molar-refractivity contribution >= 4 is 5.97 Å². The van der Waals surface area contributed by atoms with E-state index in [1.165, 1.54) is 51.4 Å². The number of carbonyl (C=O) groups is 1. The molecule has 0 saturated carbocycles. The molecule has 0 aromatic rings. The second-order valence-corrected chi connectivity index (χ2v) is 6.74. The van der Waals surface area contributed by atoms with Crippen LogP contribution in [-0.2, 0) is 4.79 Å². The fraction of sp³-hybridized carbons (Fsp3) is 0.833. The van der Waals surface area contributed by atoms with Gasteiger partial charge >= 0.3 is 5.97 Å². The van der Waals surface area contributed by atoms with E-state index in [-0.39, 0.29) is 5.41 Å². The number of nitrogens with two attached hydrogens (primary N) is 1. The third kappa shape index (κ3) is 10.5. The Hall–Kier alpha value is -0.830. The van der Waals surface area contributed by atoms with E-state index in [1.807, 2.05) is 13.8 Å². The normalized spacial score (nSPS) is 11.6. The monoisotopic (exact) mass is 297 g/mol. The number of aliphatic carboxylic acids is 1. The largest absolute Gasteiger partial charge is 0.478 e. The molecule has 124 valence electrons. The zero-order chi connectivity index (χ0) is 16.1. The van der Waals surface area contributed by atoms with Crippen LogP contribution >= 0.6 is 0 Å². The minimum absolute atomic E-state index is 0.283. The molecule has 0 radical (unpaired) electrons. The highest BCUT2D eigenvalue weighted by Gasteiger charge is 2.25. The van der Waals surface area contributed by atoms with Gasteiger partial charge in [0.1, 0.15) is 0 Å². The van der Waals surface area contributed by atoms with Crippen LogP contribution in [0.15, 0.2) is 12.2 Å². The molecule has 3 heteroatoms. The van der Waals surface area contributed by atoms with Crippen molar-refractivity contribution in [1.29, 1.82) is 0 Å². The Morgan fingerprint density at radius 3 is 1.67 bits per heavy atom. The molecule has 0 amide bonds. The van der Waals surface area contributed by atoms with E-state index >= 15 is 0 Å². The van der Waals surface area contributed by atoms with Crippen molar-refractivity contribution in [3.8, 4) is 0 Å². The highest BCUT2D eigenvalue weighted by molar-refractivity contribution is 5.87. The van der Waals surface area contributed by atoms with Gasteiger partial charge in [-0.25, -0.2) is 4.79 Å². The molecule has 0 heterocycles. The van der Waals surface area contributed by atoms with E-state index in [0.717, 1.165) is 25.8 Å². The van der Waals surface area contributed by atoms with Gasteiger partial charge < -0.3 is 10.8 Å². The predicted octanol–water partition coefficient (Wildman–Crippen LogP) is 4.90. The van der Waals surface area contributed by atoms with Crippen LogP contribution in [0.5, 0.6) is 0 Å². The van der Waals surface area contributed by atoms with Crippen LogP contribution in [0.4, 0.5) is 0 Å². The van der Waals surface area contributed by atoms with Crippen molar-refractivity contribution in [2.24, 2.45) is 11.1 Å². The molecule has 0 bridgehead atoms. The highest BCUT2D eigenvalue weighted by Crippen LogP contribution is 2.31. The van der Waals surface area contributed by atoms with Crippen LogP contribution in [0.1, 0.15) is 84.5 Å². The van der Waals surface area contributed by atoms with Gasteiger partial charge in [-0.15, -0.1) is 0 Å². The summed E-state index contributed by atoms with van der Waals surface area (Å²) >= 11 is 0. The molecule has 0 saturated heterocycles. The first-order valence-electron chi connectivity index (χ1n) is 8.54. The Bertz CT molecular complexity index is 298. The SMILES string of the molecule is C=C(C(=O)O)C(C)(C)CCCCCCCCCCCCN. The molecule has 3 nitrogen and oxygen atoms in total. The van der Waals surface area contributed by atoms with E-state index in [0.29, 0.717) is 5.57 Å². The molecule has 0 aliphatic rings. The zero-order valence-corrected chi connectivity index (χ0v) is 14.1.